The third-order valence-electron chi connectivity index (χ3n) is 5.22. The largest absolute Gasteiger partial charge is 0.493 e. The summed E-state index contributed by atoms with van der Waals surface area (Å²) in [6, 6.07) is 14.8. The molecule has 2 amide bonds. The molecule has 0 bridgehead atoms. The van der Waals surface area contributed by atoms with Gasteiger partial charge in [0, 0.05) is 9.13 Å². The number of nitrogens with zero attached hydrogens (tertiary/aromatic N) is 1. The van der Waals surface area contributed by atoms with Crippen LogP contribution in [-0.2, 0) is 4.79 Å². The summed E-state index contributed by atoms with van der Waals surface area (Å²) in [6.07, 6.45) is 1.38. The van der Waals surface area contributed by atoms with Gasteiger partial charge in [-0.15, -0.1) is 0 Å². The fourth-order valence-electron chi connectivity index (χ4n) is 3.32. The Morgan fingerprint density at radius 2 is 1.51 bits per heavy atom. The van der Waals surface area contributed by atoms with Gasteiger partial charge >= 0.3 is 5.97 Å². The van der Waals surface area contributed by atoms with E-state index in [2.05, 4.69) is 38.4 Å². The van der Waals surface area contributed by atoms with Crippen molar-refractivity contribution in [3.05, 3.63) is 74.9 Å². The van der Waals surface area contributed by atoms with E-state index in [9.17, 15) is 14.4 Å². The van der Waals surface area contributed by atoms with Crippen molar-refractivity contribution >= 4 is 46.6 Å². The molecule has 2 N–H and O–H groups in total. The zero-order valence-electron chi connectivity index (χ0n) is 21.6. The fraction of sp³-hybridized carbons (Fsp3) is 0.185. The Balaban J connectivity index is 1.57. The van der Waals surface area contributed by atoms with E-state index in [1.54, 1.807) is 36.4 Å². The maximum atomic E-state index is 12.5. The molecule has 0 aliphatic heterocycles. The van der Waals surface area contributed by atoms with E-state index in [4.69, 9.17) is 23.7 Å². The Morgan fingerprint density at radius 3 is 2.13 bits per heavy atom. The maximum absolute atomic E-state index is 12.5. The third kappa shape index (κ3) is 7.60. The highest BCUT2D eigenvalue weighted by molar-refractivity contribution is 14.1. The number of hydrogen-bond donors (Lipinski definition) is 2. The van der Waals surface area contributed by atoms with Crippen molar-refractivity contribution in [3.63, 3.8) is 0 Å². The summed E-state index contributed by atoms with van der Waals surface area (Å²) in [7, 11) is 5.77. The van der Waals surface area contributed by atoms with Gasteiger partial charge in [-0.3, -0.25) is 9.59 Å². The van der Waals surface area contributed by atoms with Crippen LogP contribution in [0.1, 0.15) is 26.3 Å². The summed E-state index contributed by atoms with van der Waals surface area (Å²) in [5, 5.41) is 6.40. The van der Waals surface area contributed by atoms with Gasteiger partial charge in [-0.05, 0) is 70.6 Å². The first-order valence-electron chi connectivity index (χ1n) is 11.4. The molecular weight excluding hydrogens is 621 g/mol. The summed E-state index contributed by atoms with van der Waals surface area (Å²) in [4.78, 5) is 37.2. The molecule has 3 rings (SSSR count). The Kier molecular flexibility index (Phi) is 10.5. The lowest BCUT2D eigenvalue weighted by Crippen LogP contribution is -2.34. The number of carbonyl (C=O) groups excluding carboxylic acids is 3. The monoisotopic (exact) mass is 647 g/mol. The van der Waals surface area contributed by atoms with Crippen LogP contribution >= 0.6 is 22.6 Å². The van der Waals surface area contributed by atoms with Gasteiger partial charge in [0.1, 0.15) is 0 Å². The zero-order chi connectivity index (χ0) is 28.4. The number of methoxy groups -OCH3 is 4. The summed E-state index contributed by atoms with van der Waals surface area (Å²) in [6.45, 7) is -0.330. The molecule has 3 aromatic carbocycles. The van der Waals surface area contributed by atoms with E-state index in [0.29, 0.717) is 34.1 Å². The van der Waals surface area contributed by atoms with Gasteiger partial charge in [-0.1, -0.05) is 12.1 Å². The van der Waals surface area contributed by atoms with Gasteiger partial charge in [0.2, 0.25) is 5.75 Å². The van der Waals surface area contributed by atoms with Crippen molar-refractivity contribution in [1.29, 1.82) is 0 Å². The molecule has 0 aromatic heterocycles. The second kappa shape index (κ2) is 14.0. The Hall–Kier alpha value is -4.33. The molecule has 0 radical (unpaired) electrons. The molecule has 0 unspecified atom stereocenters. The average molecular weight is 647 g/mol. The second-order valence-corrected chi connectivity index (χ2v) is 8.83. The number of halogens is 1. The van der Waals surface area contributed by atoms with E-state index in [1.165, 1.54) is 46.8 Å². The number of nitrogens with one attached hydrogen (secondary N) is 2. The molecule has 0 aliphatic carbocycles. The minimum Gasteiger partial charge on any atom is -0.493 e. The first kappa shape index (κ1) is 29.2. The molecule has 204 valence electrons. The van der Waals surface area contributed by atoms with Crippen molar-refractivity contribution < 1.29 is 38.1 Å². The Bertz CT molecular complexity index is 1370. The van der Waals surface area contributed by atoms with Crippen LogP contribution in [0.15, 0.2) is 59.7 Å². The normalized spacial score (nSPS) is 10.5. The Morgan fingerprint density at radius 1 is 0.846 bits per heavy atom. The maximum Gasteiger partial charge on any atom is 0.344 e. The van der Waals surface area contributed by atoms with Crippen LogP contribution in [0.4, 0.5) is 0 Å². The molecule has 0 saturated carbocycles. The highest BCUT2D eigenvalue weighted by Gasteiger charge is 2.18. The zero-order valence-corrected chi connectivity index (χ0v) is 23.7. The van der Waals surface area contributed by atoms with Crippen molar-refractivity contribution in [2.75, 3.05) is 35.0 Å². The van der Waals surface area contributed by atoms with E-state index in [1.807, 2.05) is 6.07 Å². The van der Waals surface area contributed by atoms with Crippen LogP contribution in [0.25, 0.3) is 0 Å². The smallest absolute Gasteiger partial charge is 0.344 e. The predicted octanol–water partition coefficient (Wildman–Crippen LogP) is 3.42. The minimum absolute atomic E-state index is 0.218. The van der Waals surface area contributed by atoms with Gasteiger partial charge in [0.25, 0.3) is 11.8 Å². The second-order valence-electron chi connectivity index (χ2n) is 7.67. The van der Waals surface area contributed by atoms with Crippen molar-refractivity contribution in [2.45, 2.75) is 0 Å². The highest BCUT2D eigenvalue weighted by atomic mass is 127. The number of esters is 1. The topological polar surface area (TPSA) is 134 Å². The van der Waals surface area contributed by atoms with E-state index >= 15 is 0 Å². The standard InChI is InChI=1S/C27H26IN3O8/c1-35-21-11-16(9-10-20(21)39-27(34)18-7-5-6-8-19(18)28)14-30-31-24(32)15-29-26(33)17-12-22(36-2)25(38-4)23(13-17)37-3/h5-14H,15H2,1-4H3,(H,29,33)(H,31,32)/b30-14+. The lowest BCUT2D eigenvalue weighted by atomic mass is 10.1. The van der Waals surface area contributed by atoms with Gasteiger partial charge in [-0.25, -0.2) is 10.2 Å². The van der Waals surface area contributed by atoms with E-state index < -0.39 is 17.8 Å². The SMILES string of the molecule is COc1cc(/C=N/NC(=O)CNC(=O)c2cc(OC)c(OC)c(OC)c2)ccc1OC(=O)c1ccccc1I. The van der Waals surface area contributed by atoms with Crippen LogP contribution < -0.4 is 34.4 Å². The van der Waals surface area contributed by atoms with Crippen LogP contribution in [0.5, 0.6) is 28.7 Å². The first-order chi connectivity index (χ1) is 18.8. The quantitative estimate of drug-likeness (QED) is 0.106. The molecule has 0 fully saturated rings. The Labute approximate surface area is 238 Å². The summed E-state index contributed by atoms with van der Waals surface area (Å²) < 4.78 is 27.3. The molecule has 3 aromatic rings. The van der Waals surface area contributed by atoms with Crippen LogP contribution in [0.2, 0.25) is 0 Å². The summed E-state index contributed by atoms with van der Waals surface area (Å²) in [5.41, 5.74) is 3.56. The first-order valence-corrected chi connectivity index (χ1v) is 12.4. The number of amides is 2. The highest BCUT2D eigenvalue weighted by Crippen LogP contribution is 2.38. The third-order valence-corrected chi connectivity index (χ3v) is 6.16. The molecular formula is C27H26IN3O8. The lowest BCUT2D eigenvalue weighted by Gasteiger charge is -2.14. The molecule has 0 heterocycles. The number of rotatable bonds is 11. The molecule has 0 aliphatic rings. The molecule has 0 spiro atoms. The van der Waals surface area contributed by atoms with Gasteiger partial charge in [0.05, 0.1) is 46.8 Å². The molecule has 0 atom stereocenters. The predicted molar refractivity (Wildman–Crippen MR) is 151 cm³/mol. The van der Waals surface area contributed by atoms with Crippen molar-refractivity contribution in [1.82, 2.24) is 10.7 Å². The number of hydrazone groups is 1. The summed E-state index contributed by atoms with van der Waals surface area (Å²) in [5.74, 6) is -0.0855. The van der Waals surface area contributed by atoms with Crippen LogP contribution in [0, 0.1) is 3.57 Å². The molecule has 12 heteroatoms. The molecule has 11 nitrogen and oxygen atoms in total. The van der Waals surface area contributed by atoms with Crippen LogP contribution in [-0.4, -0.2) is 59.0 Å². The van der Waals surface area contributed by atoms with Crippen LogP contribution in [0.3, 0.4) is 0 Å². The average Bonchev–Trinajstić information content (AvgIpc) is 2.95. The van der Waals surface area contributed by atoms with Crippen molar-refractivity contribution in [2.24, 2.45) is 5.10 Å². The lowest BCUT2D eigenvalue weighted by molar-refractivity contribution is -0.120. The number of benzene rings is 3. The number of carbonyl (C=O) groups is 3. The minimum atomic E-state index is -0.554. The van der Waals surface area contributed by atoms with Crippen molar-refractivity contribution in [3.8, 4) is 28.7 Å². The molecule has 39 heavy (non-hydrogen) atoms. The van der Waals surface area contributed by atoms with Gasteiger partial charge < -0.3 is 29.0 Å². The summed E-state index contributed by atoms with van der Waals surface area (Å²) >= 11 is 2.06. The van der Waals surface area contributed by atoms with E-state index in [-0.39, 0.29) is 17.9 Å². The van der Waals surface area contributed by atoms with E-state index in [0.717, 1.165) is 3.57 Å². The molecule has 0 saturated heterocycles. The van der Waals surface area contributed by atoms with Gasteiger partial charge in [0.15, 0.2) is 23.0 Å². The number of ether oxygens (including phenoxy) is 5. The van der Waals surface area contributed by atoms with Gasteiger partial charge in [-0.2, -0.15) is 5.10 Å². The fourth-order valence-corrected chi connectivity index (χ4v) is 3.93. The number of hydrogen-bond acceptors (Lipinski definition) is 9.